The normalized spacial score (nSPS) is 9.76. The molecule has 17 heavy (non-hydrogen) atoms. The second-order valence-electron chi connectivity index (χ2n) is 3.03. The fourth-order valence-electron chi connectivity index (χ4n) is 1.01. The molecule has 0 fully saturated rings. The molecule has 1 aromatic rings. The Hall–Kier alpha value is -0.780. The van der Waals surface area contributed by atoms with Gasteiger partial charge in [0.2, 0.25) is 10.3 Å². The Bertz CT molecular complexity index is 395. The second kappa shape index (κ2) is 7.53. The molecule has 0 atom stereocenters. The number of carbonyl (C=O) groups excluding carboxylic acids is 1. The van der Waals surface area contributed by atoms with Crippen LogP contribution in [0, 0.1) is 0 Å². The number of carbonyl (C=O) groups is 1. The summed E-state index contributed by atoms with van der Waals surface area (Å²) in [5.41, 5.74) is 0.710. The van der Waals surface area contributed by atoms with E-state index in [0.29, 0.717) is 21.7 Å². The third-order valence-corrected chi connectivity index (χ3v) is 3.19. The third kappa shape index (κ3) is 5.91. The lowest BCUT2D eigenvalue weighted by Crippen LogP contribution is -2.15. The molecular weight excluding hydrogens is 278 g/mol. The Morgan fingerprint density at radius 1 is 1.47 bits per heavy atom. The van der Waals surface area contributed by atoms with E-state index in [1.807, 2.05) is 6.92 Å². The van der Waals surface area contributed by atoms with Crippen LogP contribution < -0.4 is 5.32 Å². The van der Waals surface area contributed by atoms with Crippen molar-refractivity contribution in [2.45, 2.75) is 6.92 Å². The van der Waals surface area contributed by atoms with E-state index in [1.54, 1.807) is 24.3 Å². The lowest BCUT2D eigenvalue weighted by molar-refractivity contribution is -0.113. The molecule has 1 rings (SSSR count). The summed E-state index contributed by atoms with van der Waals surface area (Å²) in [6.45, 7) is 2.37. The summed E-state index contributed by atoms with van der Waals surface area (Å²) in [5, 5.41) is 3.37. The van der Waals surface area contributed by atoms with Crippen LogP contribution >= 0.6 is 35.6 Å². The van der Waals surface area contributed by atoms with Crippen molar-refractivity contribution >= 4 is 51.6 Å². The van der Waals surface area contributed by atoms with Crippen molar-refractivity contribution in [1.82, 2.24) is 0 Å². The summed E-state index contributed by atoms with van der Waals surface area (Å²) in [6, 6.07) is 6.92. The molecule has 0 saturated heterocycles. The maximum atomic E-state index is 11.5. The number of hydrogen-bond donors (Lipinski definition) is 1. The first-order chi connectivity index (χ1) is 8.11. The summed E-state index contributed by atoms with van der Waals surface area (Å²) in [7, 11) is 0. The van der Waals surface area contributed by atoms with Gasteiger partial charge in [-0.05, 0) is 43.4 Å². The smallest absolute Gasteiger partial charge is 0.234 e. The highest BCUT2D eigenvalue weighted by Crippen LogP contribution is 2.14. The van der Waals surface area contributed by atoms with Crippen LogP contribution in [0.4, 0.5) is 5.69 Å². The Morgan fingerprint density at radius 3 is 2.71 bits per heavy atom. The van der Waals surface area contributed by atoms with Crippen LogP contribution in [0.1, 0.15) is 6.92 Å². The van der Waals surface area contributed by atoms with Crippen molar-refractivity contribution in [2.75, 3.05) is 17.7 Å². The van der Waals surface area contributed by atoms with Crippen molar-refractivity contribution in [2.24, 2.45) is 0 Å². The molecule has 0 bridgehead atoms. The number of halogens is 1. The van der Waals surface area contributed by atoms with Crippen LogP contribution in [0.3, 0.4) is 0 Å². The maximum Gasteiger partial charge on any atom is 0.234 e. The van der Waals surface area contributed by atoms with Gasteiger partial charge < -0.3 is 10.1 Å². The van der Waals surface area contributed by atoms with Gasteiger partial charge in [-0.1, -0.05) is 23.4 Å². The van der Waals surface area contributed by atoms with Gasteiger partial charge in [-0.25, -0.2) is 0 Å². The molecule has 0 radical (unpaired) electrons. The number of thiocarbonyl (C=S) groups is 1. The van der Waals surface area contributed by atoms with E-state index >= 15 is 0 Å². The highest BCUT2D eigenvalue weighted by atomic mass is 35.5. The Balaban J connectivity index is 2.34. The van der Waals surface area contributed by atoms with Gasteiger partial charge in [-0.2, -0.15) is 0 Å². The van der Waals surface area contributed by atoms with Crippen molar-refractivity contribution in [3.05, 3.63) is 29.3 Å². The molecule has 0 aromatic heterocycles. The zero-order chi connectivity index (χ0) is 12.7. The van der Waals surface area contributed by atoms with E-state index in [9.17, 15) is 4.79 Å². The van der Waals surface area contributed by atoms with Crippen LogP contribution in [0.15, 0.2) is 24.3 Å². The van der Waals surface area contributed by atoms with Gasteiger partial charge in [0, 0.05) is 10.7 Å². The van der Waals surface area contributed by atoms with E-state index in [4.69, 9.17) is 28.6 Å². The number of nitrogens with one attached hydrogen (secondary N) is 1. The molecule has 0 aliphatic carbocycles. The van der Waals surface area contributed by atoms with Crippen LogP contribution in [0.25, 0.3) is 0 Å². The van der Waals surface area contributed by atoms with Gasteiger partial charge in [-0.15, -0.1) is 0 Å². The van der Waals surface area contributed by atoms with E-state index in [-0.39, 0.29) is 11.7 Å². The number of rotatable bonds is 4. The molecule has 92 valence electrons. The topological polar surface area (TPSA) is 38.3 Å². The Kier molecular flexibility index (Phi) is 6.32. The fraction of sp³-hybridized carbons (Fsp3) is 0.273. The Labute approximate surface area is 115 Å². The highest BCUT2D eigenvalue weighted by molar-refractivity contribution is 8.23. The Morgan fingerprint density at radius 2 is 2.12 bits per heavy atom. The van der Waals surface area contributed by atoms with Crippen molar-refractivity contribution < 1.29 is 9.53 Å². The van der Waals surface area contributed by atoms with E-state index in [0.717, 1.165) is 0 Å². The number of anilines is 1. The van der Waals surface area contributed by atoms with Crippen LogP contribution in [-0.2, 0) is 9.53 Å². The summed E-state index contributed by atoms with van der Waals surface area (Å²) in [6.07, 6.45) is 0. The van der Waals surface area contributed by atoms with Crippen LogP contribution in [0.5, 0.6) is 0 Å². The molecule has 0 unspecified atom stereocenters. The first-order valence-corrected chi connectivity index (χ1v) is 6.74. The largest absolute Gasteiger partial charge is 0.479 e. The summed E-state index contributed by atoms with van der Waals surface area (Å²) in [4.78, 5) is 11.5. The zero-order valence-electron chi connectivity index (χ0n) is 9.23. The maximum absolute atomic E-state index is 11.5. The van der Waals surface area contributed by atoms with Crippen LogP contribution in [-0.4, -0.2) is 22.6 Å². The number of thioether (sulfide) groups is 1. The standard InChI is InChI=1S/C11H12ClNO2S2/c1-2-15-11(16)17-7-10(14)13-9-5-3-8(12)4-6-9/h3-6H,2,7H2,1H3,(H,13,14). The van der Waals surface area contributed by atoms with Crippen molar-refractivity contribution in [3.63, 3.8) is 0 Å². The lowest BCUT2D eigenvalue weighted by Gasteiger charge is -2.06. The van der Waals surface area contributed by atoms with E-state index < -0.39 is 0 Å². The van der Waals surface area contributed by atoms with E-state index in [2.05, 4.69) is 5.32 Å². The molecule has 6 heteroatoms. The summed E-state index contributed by atoms with van der Waals surface area (Å²) >= 11 is 11.8. The average Bonchev–Trinajstić information content (AvgIpc) is 2.30. The first-order valence-electron chi connectivity index (χ1n) is 4.96. The number of amides is 1. The second-order valence-corrected chi connectivity index (χ2v) is 5.04. The summed E-state index contributed by atoms with van der Waals surface area (Å²) in [5.74, 6) is 0.112. The molecule has 0 spiro atoms. The minimum absolute atomic E-state index is 0.126. The number of benzene rings is 1. The minimum Gasteiger partial charge on any atom is -0.479 e. The molecule has 1 aromatic carbocycles. The quantitative estimate of drug-likeness (QED) is 0.863. The molecule has 0 aliphatic rings. The highest BCUT2D eigenvalue weighted by Gasteiger charge is 2.05. The minimum atomic E-state index is -0.126. The van der Waals surface area contributed by atoms with Crippen molar-refractivity contribution in [1.29, 1.82) is 0 Å². The van der Waals surface area contributed by atoms with Crippen LogP contribution in [0.2, 0.25) is 5.02 Å². The number of hydrogen-bond acceptors (Lipinski definition) is 4. The molecule has 1 amide bonds. The summed E-state index contributed by atoms with van der Waals surface area (Å²) < 4.78 is 5.44. The van der Waals surface area contributed by atoms with Gasteiger partial charge in [0.15, 0.2) is 0 Å². The molecule has 0 saturated carbocycles. The molecule has 0 heterocycles. The van der Waals surface area contributed by atoms with E-state index in [1.165, 1.54) is 11.8 Å². The lowest BCUT2D eigenvalue weighted by atomic mass is 10.3. The zero-order valence-corrected chi connectivity index (χ0v) is 11.6. The first kappa shape index (κ1) is 14.3. The monoisotopic (exact) mass is 289 g/mol. The molecule has 0 aliphatic heterocycles. The van der Waals surface area contributed by atoms with Gasteiger partial charge in [0.25, 0.3) is 0 Å². The van der Waals surface area contributed by atoms with Gasteiger partial charge in [-0.3, -0.25) is 4.79 Å². The predicted octanol–water partition coefficient (Wildman–Crippen LogP) is 3.33. The molecule has 3 nitrogen and oxygen atoms in total. The molecular formula is C11H12ClNO2S2. The molecule has 1 N–H and O–H groups in total. The van der Waals surface area contributed by atoms with Gasteiger partial charge in [0.1, 0.15) is 0 Å². The predicted molar refractivity (Wildman–Crippen MR) is 76.8 cm³/mol. The van der Waals surface area contributed by atoms with Gasteiger partial charge >= 0.3 is 0 Å². The number of ether oxygens (including phenoxy) is 1. The average molecular weight is 290 g/mol. The fourth-order valence-corrected chi connectivity index (χ4v) is 1.96. The van der Waals surface area contributed by atoms with Gasteiger partial charge in [0.05, 0.1) is 12.4 Å². The third-order valence-electron chi connectivity index (χ3n) is 1.71. The SMILES string of the molecule is CCOC(=S)SCC(=O)Nc1ccc(Cl)cc1. The van der Waals surface area contributed by atoms with Crippen molar-refractivity contribution in [3.8, 4) is 0 Å².